The summed E-state index contributed by atoms with van der Waals surface area (Å²) in [6, 6.07) is 11.2. The number of carbonyl (C=O) groups excluding carboxylic acids is 2. The third-order valence-corrected chi connectivity index (χ3v) is 9.41. The summed E-state index contributed by atoms with van der Waals surface area (Å²) in [7, 11) is -3.37. The minimum absolute atomic E-state index is 0.0524. The molecule has 0 spiro atoms. The molecule has 1 atom stereocenters. The molecule has 0 saturated heterocycles. The fraction of sp³-hybridized carbons (Fsp3) is 0.333. The van der Waals surface area contributed by atoms with Crippen molar-refractivity contribution >= 4 is 68.0 Å². The molecule has 0 aromatic heterocycles. The van der Waals surface area contributed by atoms with Crippen LogP contribution in [0.25, 0.3) is 0 Å². The lowest BCUT2D eigenvalue weighted by atomic mass is 10.1. The number of hydrogen-bond donors (Lipinski definition) is 1. The summed E-state index contributed by atoms with van der Waals surface area (Å²) in [5.74, 6) is -1.27. The zero-order valence-corrected chi connectivity index (χ0v) is 28.5. The molecule has 3 aromatic rings. The molecule has 11 nitrogen and oxygen atoms in total. The molecular formula is C30H33Cl3N4O7S. The summed E-state index contributed by atoms with van der Waals surface area (Å²) in [5, 5.41) is 15.1. The van der Waals surface area contributed by atoms with Crippen LogP contribution in [0.2, 0.25) is 15.1 Å². The first-order chi connectivity index (χ1) is 20.9. The van der Waals surface area contributed by atoms with E-state index in [0.29, 0.717) is 5.56 Å². The van der Waals surface area contributed by atoms with Gasteiger partial charge in [-0.1, -0.05) is 46.9 Å². The molecule has 0 aliphatic rings. The number of methoxy groups -OCH3 is 1. The Morgan fingerprint density at radius 2 is 1.67 bits per heavy atom. The molecule has 0 aliphatic carbocycles. The molecule has 242 valence electrons. The Morgan fingerprint density at radius 1 is 1.04 bits per heavy atom. The first-order valence-corrected chi connectivity index (χ1v) is 16.1. The number of ether oxygens (including phenoxy) is 1. The second-order valence-corrected chi connectivity index (χ2v) is 14.3. The maximum absolute atomic E-state index is 14.2. The van der Waals surface area contributed by atoms with E-state index in [1.54, 1.807) is 39.0 Å². The van der Waals surface area contributed by atoms with Crippen molar-refractivity contribution in [3.05, 3.63) is 90.9 Å². The number of aryl methyl sites for hydroxylation is 1. The summed E-state index contributed by atoms with van der Waals surface area (Å²) in [4.78, 5) is 39.2. The molecule has 0 heterocycles. The van der Waals surface area contributed by atoms with Crippen molar-refractivity contribution in [3.63, 3.8) is 0 Å². The van der Waals surface area contributed by atoms with Crippen molar-refractivity contribution in [2.45, 2.75) is 57.6 Å². The highest BCUT2D eigenvalue weighted by atomic mass is 35.5. The van der Waals surface area contributed by atoms with E-state index in [2.05, 4.69) is 5.32 Å². The fourth-order valence-electron chi connectivity index (χ4n) is 4.36. The number of sulfonamides is 1. The van der Waals surface area contributed by atoms with Crippen molar-refractivity contribution in [2.75, 3.05) is 18.0 Å². The molecule has 2 amide bonds. The van der Waals surface area contributed by atoms with Crippen molar-refractivity contribution < 1.29 is 27.7 Å². The van der Waals surface area contributed by atoms with Gasteiger partial charge in [0.05, 0.1) is 22.6 Å². The number of halogens is 3. The average Bonchev–Trinajstić information content (AvgIpc) is 2.94. The molecule has 3 rings (SSSR count). The number of nitrogens with one attached hydrogen (secondary N) is 1. The molecule has 0 fully saturated rings. The zero-order valence-electron chi connectivity index (χ0n) is 25.4. The van der Waals surface area contributed by atoms with Crippen LogP contribution < -0.4 is 14.4 Å². The number of anilines is 1. The minimum atomic E-state index is -4.68. The normalized spacial score (nSPS) is 12.3. The van der Waals surface area contributed by atoms with E-state index in [0.717, 1.165) is 15.3 Å². The van der Waals surface area contributed by atoms with Crippen molar-refractivity contribution in [1.82, 2.24) is 10.2 Å². The summed E-state index contributed by atoms with van der Waals surface area (Å²) >= 11 is 19.1. The molecule has 0 aliphatic heterocycles. The van der Waals surface area contributed by atoms with Crippen LogP contribution in [0.5, 0.6) is 5.75 Å². The summed E-state index contributed by atoms with van der Waals surface area (Å²) in [6.45, 7) is 7.19. The topological polar surface area (TPSA) is 139 Å². The van der Waals surface area contributed by atoms with Gasteiger partial charge in [0.2, 0.25) is 11.8 Å². The highest BCUT2D eigenvalue weighted by Gasteiger charge is 2.36. The quantitative estimate of drug-likeness (QED) is 0.181. The average molecular weight is 700 g/mol. The van der Waals surface area contributed by atoms with Crippen LogP contribution in [-0.4, -0.2) is 55.3 Å². The van der Waals surface area contributed by atoms with Crippen LogP contribution in [0, 0.1) is 17.0 Å². The lowest BCUT2D eigenvalue weighted by molar-refractivity contribution is -0.385. The van der Waals surface area contributed by atoms with Gasteiger partial charge < -0.3 is 15.0 Å². The molecule has 0 saturated carbocycles. The number of benzene rings is 3. The van der Waals surface area contributed by atoms with Gasteiger partial charge in [-0.2, -0.15) is 0 Å². The third kappa shape index (κ3) is 8.57. The lowest BCUT2D eigenvalue weighted by Crippen LogP contribution is -2.54. The molecule has 3 aromatic carbocycles. The smallest absolute Gasteiger partial charge is 0.273 e. The summed E-state index contributed by atoms with van der Waals surface area (Å²) < 4.78 is 34.6. The minimum Gasteiger partial charge on any atom is -0.495 e. The lowest BCUT2D eigenvalue weighted by Gasteiger charge is -2.34. The molecule has 15 heteroatoms. The molecule has 0 radical (unpaired) electrons. The monoisotopic (exact) mass is 698 g/mol. The highest BCUT2D eigenvalue weighted by Crippen LogP contribution is 2.36. The number of nitro groups is 1. The SMILES string of the molecule is COc1ccc(Cl)cc1N(CC(=O)N(Cc1c(Cl)cccc1Cl)[C@@H](C)C(=O)NC(C)(C)C)S(=O)(=O)c1ccc(C)c([N+](=O)[O-])c1. The van der Waals surface area contributed by atoms with E-state index in [1.807, 2.05) is 0 Å². The molecule has 45 heavy (non-hydrogen) atoms. The first kappa shape index (κ1) is 35.9. The van der Waals surface area contributed by atoms with Gasteiger partial charge in [0.15, 0.2) is 0 Å². The number of nitrogens with zero attached hydrogens (tertiary/aromatic N) is 3. The summed E-state index contributed by atoms with van der Waals surface area (Å²) in [6.07, 6.45) is 0. The first-order valence-electron chi connectivity index (χ1n) is 13.5. The number of nitro benzene ring substituents is 1. The molecular weight excluding hydrogens is 667 g/mol. The Morgan fingerprint density at radius 3 is 2.22 bits per heavy atom. The van der Waals surface area contributed by atoms with Gasteiger partial charge in [-0.25, -0.2) is 8.42 Å². The fourth-order valence-corrected chi connectivity index (χ4v) is 6.48. The van der Waals surface area contributed by atoms with Crippen LogP contribution in [0.15, 0.2) is 59.5 Å². The number of rotatable bonds is 11. The van der Waals surface area contributed by atoms with E-state index < -0.39 is 55.5 Å². The maximum atomic E-state index is 14.2. The van der Waals surface area contributed by atoms with Gasteiger partial charge in [0, 0.05) is 44.3 Å². The molecule has 0 unspecified atom stereocenters. The zero-order chi connectivity index (χ0) is 33.9. The van der Waals surface area contributed by atoms with Crippen LogP contribution in [0.4, 0.5) is 11.4 Å². The van der Waals surface area contributed by atoms with E-state index in [4.69, 9.17) is 39.5 Å². The van der Waals surface area contributed by atoms with Gasteiger partial charge >= 0.3 is 0 Å². The van der Waals surface area contributed by atoms with E-state index in [9.17, 15) is 28.1 Å². The van der Waals surface area contributed by atoms with Crippen molar-refractivity contribution in [2.24, 2.45) is 0 Å². The Labute approximate surface area is 277 Å². The van der Waals surface area contributed by atoms with Crippen LogP contribution in [0.3, 0.4) is 0 Å². The standard InChI is InChI=1S/C30H33Cl3N4O7S/c1-18-10-12-21(15-25(18)37(40)41)45(42,43)36(26-14-20(31)11-13-27(26)44-6)17-28(38)35(19(2)29(39)34-30(3,4)5)16-22-23(32)8-7-9-24(22)33/h7-15,19H,16-17H2,1-6H3,(H,34,39)/t19-/m0/s1. The second kappa shape index (κ2) is 14.2. The third-order valence-electron chi connectivity index (χ3n) is 6.71. The van der Waals surface area contributed by atoms with E-state index in [1.165, 1.54) is 51.3 Å². The number of amides is 2. The van der Waals surface area contributed by atoms with Gasteiger partial charge in [-0.3, -0.25) is 24.0 Å². The molecule has 0 bridgehead atoms. The van der Waals surface area contributed by atoms with Crippen LogP contribution in [-0.2, 0) is 26.2 Å². The number of hydrogen-bond acceptors (Lipinski definition) is 7. The summed E-state index contributed by atoms with van der Waals surface area (Å²) in [5.41, 5.74) is -0.602. The Hall–Kier alpha value is -3.58. The number of carbonyl (C=O) groups is 2. The molecule has 1 N–H and O–H groups in total. The second-order valence-electron chi connectivity index (χ2n) is 11.2. The van der Waals surface area contributed by atoms with Gasteiger partial charge in [-0.15, -0.1) is 0 Å². The Kier molecular flexibility index (Phi) is 11.4. The predicted molar refractivity (Wildman–Crippen MR) is 175 cm³/mol. The van der Waals surface area contributed by atoms with Gasteiger partial charge in [-0.05, 0) is 71.0 Å². The van der Waals surface area contributed by atoms with Crippen molar-refractivity contribution in [3.8, 4) is 5.75 Å². The predicted octanol–water partition coefficient (Wildman–Crippen LogP) is 6.40. The van der Waals surface area contributed by atoms with Gasteiger partial charge in [0.25, 0.3) is 15.7 Å². The van der Waals surface area contributed by atoms with Crippen molar-refractivity contribution in [1.29, 1.82) is 0 Å². The van der Waals surface area contributed by atoms with Crippen LogP contribution in [0.1, 0.15) is 38.8 Å². The maximum Gasteiger partial charge on any atom is 0.273 e. The Balaban J connectivity index is 2.21. The van der Waals surface area contributed by atoms with Gasteiger partial charge in [0.1, 0.15) is 18.3 Å². The van der Waals surface area contributed by atoms with Crippen LogP contribution >= 0.6 is 34.8 Å². The largest absolute Gasteiger partial charge is 0.495 e. The van der Waals surface area contributed by atoms with E-state index >= 15 is 0 Å². The Bertz CT molecular complexity index is 1710. The van der Waals surface area contributed by atoms with E-state index in [-0.39, 0.29) is 38.6 Å². The highest BCUT2D eigenvalue weighted by molar-refractivity contribution is 7.92.